The summed E-state index contributed by atoms with van der Waals surface area (Å²) in [6.45, 7) is 2.73. The summed E-state index contributed by atoms with van der Waals surface area (Å²) in [4.78, 5) is 2.17. The third-order valence-electron chi connectivity index (χ3n) is 3.98. The molecule has 4 nitrogen and oxygen atoms in total. The smallest absolute Gasteiger partial charge is 0.212 e. The van der Waals surface area contributed by atoms with Crippen molar-refractivity contribution in [3.8, 4) is 0 Å². The summed E-state index contributed by atoms with van der Waals surface area (Å²) in [6.07, 6.45) is 4.50. The summed E-state index contributed by atoms with van der Waals surface area (Å²) in [5.41, 5.74) is -0.0446. The Labute approximate surface area is 116 Å². The van der Waals surface area contributed by atoms with E-state index in [0.29, 0.717) is 12.5 Å². The Morgan fingerprint density at radius 2 is 2.11 bits per heavy atom. The average molecular weight is 297 g/mol. The third-order valence-corrected chi connectivity index (χ3v) is 5.72. The van der Waals surface area contributed by atoms with Crippen LogP contribution in [0.5, 0.6) is 0 Å². The van der Waals surface area contributed by atoms with Crippen LogP contribution in [-0.4, -0.2) is 51.1 Å². The molecule has 1 saturated carbocycles. The summed E-state index contributed by atoms with van der Waals surface area (Å²) in [5.74, 6) is 0.785. The van der Waals surface area contributed by atoms with Crippen molar-refractivity contribution < 1.29 is 8.42 Å². The molecule has 1 fully saturated rings. The molecule has 2 atom stereocenters. The summed E-state index contributed by atoms with van der Waals surface area (Å²) >= 11 is 5.50. The third kappa shape index (κ3) is 4.37. The van der Waals surface area contributed by atoms with Crippen molar-refractivity contribution in [2.75, 3.05) is 32.3 Å². The van der Waals surface area contributed by atoms with Crippen LogP contribution in [0.25, 0.3) is 0 Å². The Morgan fingerprint density at radius 3 is 2.61 bits per heavy atom. The first-order valence-corrected chi connectivity index (χ1v) is 8.71. The van der Waals surface area contributed by atoms with Gasteiger partial charge in [0.1, 0.15) is 0 Å². The zero-order valence-electron chi connectivity index (χ0n) is 11.6. The van der Waals surface area contributed by atoms with E-state index in [2.05, 4.69) is 16.5 Å². The highest BCUT2D eigenvalue weighted by molar-refractivity contribution is 7.89. The molecule has 0 aromatic carbocycles. The molecule has 1 N–H and O–H groups in total. The van der Waals surface area contributed by atoms with Gasteiger partial charge in [0.25, 0.3) is 0 Å². The molecule has 108 valence electrons. The number of nitrogens with zero attached hydrogens (tertiary/aromatic N) is 1. The molecule has 1 rings (SSSR count). The predicted molar refractivity (Wildman–Crippen MR) is 76.6 cm³/mol. The number of hydrogen-bond donors (Lipinski definition) is 1. The molecule has 0 spiro atoms. The Morgan fingerprint density at radius 1 is 1.44 bits per heavy atom. The van der Waals surface area contributed by atoms with Crippen LogP contribution in [0, 0.1) is 5.92 Å². The minimum atomic E-state index is -3.23. The molecule has 2 unspecified atom stereocenters. The number of sulfonamides is 1. The largest absolute Gasteiger partial charge is 0.302 e. The maximum atomic E-state index is 11.7. The molecule has 0 aromatic rings. The SMILES string of the molecule is CC1CCCC(CNS(=O)(=O)CCCl)(N(C)C)C1. The van der Waals surface area contributed by atoms with Gasteiger partial charge in [0.15, 0.2) is 0 Å². The highest BCUT2D eigenvalue weighted by atomic mass is 35.5. The lowest BCUT2D eigenvalue weighted by atomic mass is 9.75. The first kappa shape index (κ1) is 16.2. The second kappa shape index (κ2) is 6.55. The average Bonchev–Trinajstić information content (AvgIpc) is 2.26. The van der Waals surface area contributed by atoms with Crippen molar-refractivity contribution in [2.24, 2.45) is 5.92 Å². The number of alkyl halides is 1. The van der Waals surface area contributed by atoms with Gasteiger partial charge in [-0.25, -0.2) is 13.1 Å². The van der Waals surface area contributed by atoms with E-state index in [9.17, 15) is 8.42 Å². The van der Waals surface area contributed by atoms with Gasteiger partial charge in [-0.2, -0.15) is 0 Å². The standard InChI is InChI=1S/C12H25ClN2O2S/c1-11-5-4-6-12(9-11,15(2)3)10-14-18(16,17)8-7-13/h11,14H,4-10H2,1-3H3. The number of halogens is 1. The second-order valence-electron chi connectivity index (χ2n) is 5.65. The van der Waals surface area contributed by atoms with Gasteiger partial charge in [0, 0.05) is 18.0 Å². The maximum absolute atomic E-state index is 11.7. The molecule has 0 aliphatic heterocycles. The van der Waals surface area contributed by atoms with Crippen molar-refractivity contribution in [1.29, 1.82) is 0 Å². The molecule has 18 heavy (non-hydrogen) atoms. The monoisotopic (exact) mass is 296 g/mol. The van der Waals surface area contributed by atoms with E-state index in [1.165, 1.54) is 6.42 Å². The fraction of sp³-hybridized carbons (Fsp3) is 1.00. The molecular weight excluding hydrogens is 272 g/mol. The van der Waals surface area contributed by atoms with Crippen LogP contribution in [0.4, 0.5) is 0 Å². The second-order valence-corrected chi connectivity index (χ2v) is 7.95. The van der Waals surface area contributed by atoms with Crippen LogP contribution in [0.1, 0.15) is 32.6 Å². The molecule has 1 aliphatic rings. The van der Waals surface area contributed by atoms with Gasteiger partial charge < -0.3 is 4.90 Å². The van der Waals surface area contributed by atoms with Gasteiger partial charge in [-0.05, 0) is 32.9 Å². The zero-order chi connectivity index (χ0) is 13.8. The number of hydrogen-bond acceptors (Lipinski definition) is 3. The van der Waals surface area contributed by atoms with Crippen LogP contribution in [0.3, 0.4) is 0 Å². The van der Waals surface area contributed by atoms with E-state index in [4.69, 9.17) is 11.6 Å². The quantitative estimate of drug-likeness (QED) is 0.758. The normalized spacial score (nSPS) is 29.7. The Hall–Kier alpha value is 0.160. The van der Waals surface area contributed by atoms with Crippen molar-refractivity contribution >= 4 is 21.6 Å². The number of likely N-dealkylation sites (N-methyl/N-ethyl adjacent to an activating group) is 1. The first-order valence-electron chi connectivity index (χ1n) is 6.52. The van der Waals surface area contributed by atoms with E-state index in [-0.39, 0.29) is 17.2 Å². The topological polar surface area (TPSA) is 49.4 Å². The minimum Gasteiger partial charge on any atom is -0.302 e. The van der Waals surface area contributed by atoms with Crippen molar-refractivity contribution in [1.82, 2.24) is 9.62 Å². The van der Waals surface area contributed by atoms with Gasteiger partial charge in [0.2, 0.25) is 10.0 Å². The highest BCUT2D eigenvalue weighted by Gasteiger charge is 2.37. The first-order chi connectivity index (χ1) is 8.31. The fourth-order valence-corrected chi connectivity index (χ4v) is 4.22. The minimum absolute atomic E-state index is 0.00633. The molecule has 0 aromatic heterocycles. The summed E-state index contributed by atoms with van der Waals surface area (Å²) in [5, 5.41) is 0. The Kier molecular flexibility index (Phi) is 5.90. The molecule has 1 aliphatic carbocycles. The lowest BCUT2D eigenvalue weighted by molar-refractivity contribution is 0.0805. The van der Waals surface area contributed by atoms with Gasteiger partial charge in [-0.15, -0.1) is 11.6 Å². The van der Waals surface area contributed by atoms with E-state index in [0.717, 1.165) is 19.3 Å². The Balaban J connectivity index is 2.69. The van der Waals surface area contributed by atoms with E-state index in [1.54, 1.807) is 0 Å². The highest BCUT2D eigenvalue weighted by Crippen LogP contribution is 2.35. The van der Waals surface area contributed by atoms with E-state index in [1.807, 2.05) is 14.1 Å². The number of rotatable bonds is 6. The van der Waals surface area contributed by atoms with Crippen LogP contribution >= 0.6 is 11.6 Å². The molecule has 0 saturated heterocycles. The Bertz CT molecular complexity index is 359. The molecule has 0 bridgehead atoms. The van der Waals surface area contributed by atoms with Crippen molar-refractivity contribution in [3.05, 3.63) is 0 Å². The van der Waals surface area contributed by atoms with Gasteiger partial charge in [-0.3, -0.25) is 0 Å². The summed E-state index contributed by atoms with van der Waals surface area (Å²) in [7, 11) is 0.842. The molecular formula is C12H25ClN2O2S. The lowest BCUT2D eigenvalue weighted by Gasteiger charge is -2.45. The lowest BCUT2D eigenvalue weighted by Crippen LogP contribution is -2.55. The van der Waals surface area contributed by atoms with Crippen LogP contribution in [-0.2, 0) is 10.0 Å². The van der Waals surface area contributed by atoms with Crippen LogP contribution in [0.15, 0.2) is 0 Å². The summed E-state index contributed by atoms with van der Waals surface area (Å²) < 4.78 is 26.1. The predicted octanol–water partition coefficient (Wildman–Crippen LogP) is 1.66. The molecule has 0 radical (unpaired) electrons. The summed E-state index contributed by atoms with van der Waals surface area (Å²) in [6, 6.07) is 0. The van der Waals surface area contributed by atoms with E-state index < -0.39 is 10.0 Å². The van der Waals surface area contributed by atoms with Crippen molar-refractivity contribution in [2.45, 2.75) is 38.1 Å². The maximum Gasteiger partial charge on any atom is 0.212 e. The van der Waals surface area contributed by atoms with Gasteiger partial charge in [0.05, 0.1) is 5.75 Å². The van der Waals surface area contributed by atoms with Crippen LogP contribution < -0.4 is 4.72 Å². The van der Waals surface area contributed by atoms with Crippen LogP contribution in [0.2, 0.25) is 0 Å². The molecule has 0 amide bonds. The van der Waals surface area contributed by atoms with Gasteiger partial charge in [-0.1, -0.05) is 19.8 Å². The number of nitrogens with one attached hydrogen (secondary N) is 1. The van der Waals surface area contributed by atoms with Gasteiger partial charge >= 0.3 is 0 Å². The van der Waals surface area contributed by atoms with Crippen molar-refractivity contribution in [3.63, 3.8) is 0 Å². The van der Waals surface area contributed by atoms with E-state index >= 15 is 0 Å². The molecule has 0 heterocycles. The fourth-order valence-electron chi connectivity index (χ4n) is 2.78. The molecule has 6 heteroatoms. The zero-order valence-corrected chi connectivity index (χ0v) is 13.1.